The number of carbonyl (C=O) groups is 4. The zero-order chi connectivity index (χ0) is 21.7. The van der Waals surface area contributed by atoms with E-state index in [0.29, 0.717) is 30.0 Å². The Balaban J connectivity index is 1.48. The highest BCUT2D eigenvalue weighted by atomic mass is 32.1. The summed E-state index contributed by atoms with van der Waals surface area (Å²) >= 11 is 1.31. The molecule has 2 heterocycles. The number of imide groups is 1. The largest absolute Gasteiger partial charge is 0.454 e. The van der Waals surface area contributed by atoms with Crippen molar-refractivity contribution >= 4 is 40.8 Å². The van der Waals surface area contributed by atoms with Crippen LogP contribution in [-0.2, 0) is 14.3 Å². The van der Waals surface area contributed by atoms with E-state index in [2.05, 4.69) is 10.6 Å². The highest BCUT2D eigenvalue weighted by Gasteiger charge is 2.36. The number of amides is 4. The van der Waals surface area contributed by atoms with E-state index in [1.54, 1.807) is 23.6 Å². The predicted molar refractivity (Wildman–Crippen MR) is 112 cm³/mol. The van der Waals surface area contributed by atoms with E-state index in [0.717, 1.165) is 11.1 Å². The van der Waals surface area contributed by atoms with E-state index in [1.807, 2.05) is 26.0 Å². The van der Waals surface area contributed by atoms with E-state index >= 15 is 0 Å². The van der Waals surface area contributed by atoms with Crippen LogP contribution in [0.3, 0.4) is 0 Å². The molecular formula is C21H23N3O5S. The molecule has 1 aliphatic rings. The van der Waals surface area contributed by atoms with E-state index < -0.39 is 30.6 Å². The average molecular weight is 429 g/mol. The Bertz CT molecular complexity index is 958. The number of nitrogens with zero attached hydrogens (tertiary/aromatic N) is 1. The minimum Gasteiger partial charge on any atom is -0.454 e. The van der Waals surface area contributed by atoms with E-state index in [4.69, 9.17) is 4.74 Å². The van der Waals surface area contributed by atoms with Gasteiger partial charge in [-0.05, 0) is 49.8 Å². The van der Waals surface area contributed by atoms with Crippen LogP contribution in [-0.4, -0.2) is 47.9 Å². The van der Waals surface area contributed by atoms with Crippen LogP contribution in [0.25, 0.3) is 0 Å². The number of urea groups is 1. The Hall–Kier alpha value is -3.20. The van der Waals surface area contributed by atoms with Crippen LogP contribution >= 0.6 is 11.3 Å². The summed E-state index contributed by atoms with van der Waals surface area (Å²) in [5, 5.41) is 6.51. The zero-order valence-corrected chi connectivity index (χ0v) is 17.6. The molecule has 1 aliphatic heterocycles. The highest BCUT2D eigenvalue weighted by Crippen LogP contribution is 2.23. The summed E-state index contributed by atoms with van der Waals surface area (Å²) in [6, 6.07) is 7.54. The van der Waals surface area contributed by atoms with Gasteiger partial charge in [-0.3, -0.25) is 14.9 Å². The first kappa shape index (κ1) is 21.5. The Labute approximate surface area is 178 Å². The Morgan fingerprint density at radius 2 is 2.00 bits per heavy atom. The third kappa shape index (κ3) is 5.24. The quantitative estimate of drug-likeness (QED) is 0.711. The van der Waals surface area contributed by atoms with Crippen LogP contribution in [0.2, 0.25) is 0 Å². The Kier molecular flexibility index (Phi) is 6.83. The lowest BCUT2D eigenvalue weighted by Crippen LogP contribution is -2.43. The van der Waals surface area contributed by atoms with Gasteiger partial charge in [0.2, 0.25) is 0 Å². The van der Waals surface area contributed by atoms with Gasteiger partial charge in [0.15, 0.2) is 6.61 Å². The van der Waals surface area contributed by atoms with Crippen molar-refractivity contribution in [3.8, 4) is 0 Å². The molecule has 9 heteroatoms. The number of carbonyl (C=O) groups excluding carboxylic acids is 4. The van der Waals surface area contributed by atoms with E-state index in [9.17, 15) is 19.2 Å². The molecule has 0 spiro atoms. The fraction of sp³-hybridized carbons (Fsp3) is 0.333. The summed E-state index contributed by atoms with van der Waals surface area (Å²) in [6.45, 7) is 3.64. The van der Waals surface area contributed by atoms with Crippen LogP contribution in [0, 0.1) is 13.8 Å². The molecule has 1 atom stereocenters. The molecule has 1 aromatic carbocycles. The second kappa shape index (κ2) is 9.53. The summed E-state index contributed by atoms with van der Waals surface area (Å²) < 4.78 is 5.05. The fourth-order valence-electron chi connectivity index (χ4n) is 3.30. The van der Waals surface area contributed by atoms with Crippen LogP contribution in [0.1, 0.15) is 33.6 Å². The molecule has 158 valence electrons. The highest BCUT2D eigenvalue weighted by molar-refractivity contribution is 7.12. The number of nitrogens with one attached hydrogen (secondary N) is 2. The molecule has 0 radical (unpaired) electrons. The minimum atomic E-state index is -0.750. The van der Waals surface area contributed by atoms with Crippen LogP contribution in [0.5, 0.6) is 0 Å². The van der Waals surface area contributed by atoms with Gasteiger partial charge >= 0.3 is 12.0 Å². The normalized spacial score (nSPS) is 15.5. The summed E-state index contributed by atoms with van der Waals surface area (Å²) in [5.74, 6) is -1.62. The standard InChI is InChI=1S/C21H23N3O5S/c1-13-7-8-15(14(2)11-13)22-21(28)23-18(25)12-29-20(27)16-5-3-9-24(16)19(26)17-6-4-10-30-17/h4,6-8,10-11,16H,3,5,9,12H2,1-2H3,(H2,22,23,25,28)/t16-/m0/s1. The average Bonchev–Trinajstić information content (AvgIpc) is 3.40. The first-order valence-electron chi connectivity index (χ1n) is 9.54. The number of anilines is 1. The monoisotopic (exact) mass is 429 g/mol. The van der Waals surface area contributed by atoms with Crippen molar-refractivity contribution in [1.29, 1.82) is 0 Å². The van der Waals surface area contributed by atoms with Gasteiger partial charge < -0.3 is 15.0 Å². The van der Waals surface area contributed by atoms with Gasteiger partial charge in [-0.1, -0.05) is 23.8 Å². The first-order valence-corrected chi connectivity index (χ1v) is 10.4. The zero-order valence-electron chi connectivity index (χ0n) is 16.8. The number of aryl methyl sites for hydroxylation is 2. The molecule has 1 saturated heterocycles. The number of ether oxygens (including phenoxy) is 1. The number of esters is 1. The van der Waals surface area contributed by atoms with Gasteiger partial charge in [-0.2, -0.15) is 0 Å². The van der Waals surface area contributed by atoms with Gasteiger partial charge in [-0.25, -0.2) is 9.59 Å². The smallest absolute Gasteiger partial charge is 0.329 e. The van der Waals surface area contributed by atoms with Crippen LogP contribution in [0.15, 0.2) is 35.7 Å². The summed E-state index contributed by atoms with van der Waals surface area (Å²) in [6.07, 6.45) is 1.16. The van der Waals surface area contributed by atoms with Crippen molar-refractivity contribution in [1.82, 2.24) is 10.2 Å². The van der Waals surface area contributed by atoms with Gasteiger partial charge in [0.05, 0.1) is 4.88 Å². The lowest BCUT2D eigenvalue weighted by molar-refractivity contribution is -0.152. The van der Waals surface area contributed by atoms with Crippen molar-refractivity contribution in [2.45, 2.75) is 32.7 Å². The van der Waals surface area contributed by atoms with Crippen molar-refractivity contribution in [2.75, 3.05) is 18.5 Å². The third-order valence-corrected chi connectivity index (χ3v) is 5.60. The molecule has 4 amide bonds. The molecule has 0 unspecified atom stereocenters. The number of likely N-dealkylation sites (tertiary alicyclic amines) is 1. The molecule has 1 aromatic heterocycles. The number of benzene rings is 1. The maximum atomic E-state index is 12.5. The Morgan fingerprint density at radius 1 is 1.20 bits per heavy atom. The maximum absolute atomic E-state index is 12.5. The third-order valence-electron chi connectivity index (χ3n) is 4.75. The van der Waals surface area contributed by atoms with E-state index in [1.165, 1.54) is 16.2 Å². The lowest BCUT2D eigenvalue weighted by atomic mass is 10.1. The van der Waals surface area contributed by atoms with Gasteiger partial charge in [-0.15, -0.1) is 11.3 Å². The number of rotatable bonds is 5. The van der Waals surface area contributed by atoms with Gasteiger partial charge in [0.1, 0.15) is 6.04 Å². The first-order chi connectivity index (χ1) is 14.3. The topological polar surface area (TPSA) is 105 Å². The molecular weight excluding hydrogens is 406 g/mol. The Morgan fingerprint density at radius 3 is 2.70 bits per heavy atom. The molecule has 0 aliphatic carbocycles. The summed E-state index contributed by atoms with van der Waals surface area (Å²) in [4.78, 5) is 50.9. The predicted octanol–water partition coefficient (Wildman–Crippen LogP) is 2.86. The van der Waals surface area contributed by atoms with Crippen LogP contribution in [0.4, 0.5) is 10.5 Å². The molecule has 2 N–H and O–H groups in total. The van der Waals surface area contributed by atoms with Crippen molar-refractivity contribution in [3.05, 3.63) is 51.7 Å². The SMILES string of the molecule is Cc1ccc(NC(=O)NC(=O)COC(=O)[C@@H]2CCCN2C(=O)c2cccs2)c(C)c1. The molecule has 1 fully saturated rings. The van der Waals surface area contributed by atoms with Gasteiger partial charge in [0.25, 0.3) is 11.8 Å². The molecule has 30 heavy (non-hydrogen) atoms. The molecule has 0 bridgehead atoms. The number of hydrogen-bond acceptors (Lipinski definition) is 6. The van der Waals surface area contributed by atoms with Crippen molar-refractivity contribution in [2.24, 2.45) is 0 Å². The molecule has 2 aromatic rings. The summed E-state index contributed by atoms with van der Waals surface area (Å²) in [5.41, 5.74) is 2.50. The van der Waals surface area contributed by atoms with E-state index in [-0.39, 0.29) is 5.91 Å². The van der Waals surface area contributed by atoms with Crippen molar-refractivity contribution < 1.29 is 23.9 Å². The number of hydrogen-bond donors (Lipinski definition) is 2. The second-order valence-electron chi connectivity index (χ2n) is 7.06. The minimum absolute atomic E-state index is 0.221. The molecule has 3 rings (SSSR count). The number of thiophene rings is 1. The van der Waals surface area contributed by atoms with Gasteiger partial charge in [0, 0.05) is 12.2 Å². The molecule has 8 nitrogen and oxygen atoms in total. The fourth-order valence-corrected chi connectivity index (χ4v) is 3.98. The molecule has 0 saturated carbocycles. The van der Waals surface area contributed by atoms with Crippen LogP contribution < -0.4 is 10.6 Å². The maximum Gasteiger partial charge on any atom is 0.329 e. The summed E-state index contributed by atoms with van der Waals surface area (Å²) in [7, 11) is 0. The lowest BCUT2D eigenvalue weighted by Gasteiger charge is -2.22. The van der Waals surface area contributed by atoms with Crippen molar-refractivity contribution in [3.63, 3.8) is 0 Å². The second-order valence-corrected chi connectivity index (χ2v) is 8.01.